The second kappa shape index (κ2) is 9.02. The van der Waals surface area contributed by atoms with Crippen LogP contribution in [0.25, 0.3) is 22.2 Å². The third-order valence-corrected chi connectivity index (χ3v) is 6.97. The monoisotopic (exact) mass is 466 g/mol. The van der Waals surface area contributed by atoms with Gasteiger partial charge in [0.15, 0.2) is 0 Å². The van der Waals surface area contributed by atoms with Crippen molar-refractivity contribution in [1.29, 1.82) is 0 Å². The number of carbonyl (C=O) groups excluding carboxylic acids is 2. The first-order chi connectivity index (χ1) is 16.0. The fourth-order valence-corrected chi connectivity index (χ4v) is 5.13. The number of carbonyl (C=O) groups is 2. The number of rotatable bonds is 5. The molecule has 0 unspecified atom stereocenters. The molecule has 0 spiro atoms. The third-order valence-electron chi connectivity index (χ3n) is 6.78. The largest absolute Gasteiger partial charge is 0.367 e. The molecular weight excluding hydrogens is 440 g/mol. The van der Waals surface area contributed by atoms with E-state index in [1.165, 1.54) is 0 Å². The minimum atomic E-state index is -0.331. The van der Waals surface area contributed by atoms with Gasteiger partial charge in [-0.05, 0) is 61.9 Å². The van der Waals surface area contributed by atoms with E-state index in [0.29, 0.717) is 18.0 Å². The zero-order valence-electron chi connectivity index (χ0n) is 18.5. The summed E-state index contributed by atoms with van der Waals surface area (Å²) in [6.45, 7) is 0. The molecule has 33 heavy (non-hydrogen) atoms. The number of hydrogen-bond acceptors (Lipinski definition) is 5. The Bertz CT molecular complexity index is 1190. The van der Waals surface area contributed by atoms with Gasteiger partial charge in [-0.25, -0.2) is 9.97 Å². The Morgan fingerprint density at radius 1 is 1.18 bits per heavy atom. The Balaban J connectivity index is 1.21. The van der Waals surface area contributed by atoms with E-state index in [1.54, 1.807) is 18.1 Å². The van der Waals surface area contributed by atoms with Crippen molar-refractivity contribution in [3.8, 4) is 11.1 Å². The molecule has 3 aromatic rings. The molecule has 0 radical (unpaired) electrons. The number of aromatic nitrogens is 3. The van der Waals surface area contributed by atoms with Gasteiger partial charge in [0.1, 0.15) is 22.7 Å². The molecule has 9 heteroatoms. The molecule has 5 rings (SSSR count). The smallest absolute Gasteiger partial charge is 0.243 e. The van der Waals surface area contributed by atoms with Crippen molar-refractivity contribution in [3.05, 3.63) is 41.8 Å². The topological polar surface area (TPSA) is 103 Å². The van der Waals surface area contributed by atoms with E-state index < -0.39 is 0 Å². The van der Waals surface area contributed by atoms with Crippen LogP contribution < -0.4 is 10.6 Å². The summed E-state index contributed by atoms with van der Waals surface area (Å²) in [6, 6.07) is 7.90. The molecule has 1 atom stereocenters. The van der Waals surface area contributed by atoms with Crippen LogP contribution in [0.1, 0.15) is 38.5 Å². The lowest BCUT2D eigenvalue weighted by molar-refractivity contribution is -0.134. The summed E-state index contributed by atoms with van der Waals surface area (Å²) in [7, 11) is 1.71. The quantitative estimate of drug-likeness (QED) is 0.497. The fourth-order valence-electron chi connectivity index (χ4n) is 4.92. The predicted molar refractivity (Wildman–Crippen MR) is 128 cm³/mol. The normalized spacial score (nSPS) is 23.2. The van der Waals surface area contributed by atoms with Crippen molar-refractivity contribution in [3.63, 3.8) is 0 Å². The number of nitrogens with zero attached hydrogens (tertiary/aromatic N) is 3. The van der Waals surface area contributed by atoms with Crippen molar-refractivity contribution in [1.82, 2.24) is 25.2 Å². The molecule has 172 valence electrons. The summed E-state index contributed by atoms with van der Waals surface area (Å²) < 4.78 is 0. The molecule has 4 heterocycles. The standard InChI is InChI=1S/C24H27ClN6O2/c1-31-19(8-9-22(31)32)24(33)29-16-6-4-15(5-7-16)28-21-12-14(11-20(25)30-21)18-13-27-23-17(18)3-2-10-26-23/h2-3,10-13,15-16,19H,4-9H2,1H3,(H,26,27)(H,28,30)(H,29,33)/t15?,16?,19-/m0/s1. The van der Waals surface area contributed by atoms with Crippen LogP contribution in [-0.4, -0.2) is 56.8 Å². The van der Waals surface area contributed by atoms with Crippen LogP contribution in [0.15, 0.2) is 36.7 Å². The third kappa shape index (κ3) is 4.53. The van der Waals surface area contributed by atoms with E-state index in [2.05, 4.69) is 25.6 Å². The van der Waals surface area contributed by atoms with Gasteiger partial charge >= 0.3 is 0 Å². The summed E-state index contributed by atoms with van der Waals surface area (Å²) in [6.07, 6.45) is 8.37. The van der Waals surface area contributed by atoms with Gasteiger partial charge in [0.05, 0.1) is 0 Å². The number of likely N-dealkylation sites (N-methyl/N-ethyl adjacent to an activating group) is 1. The van der Waals surface area contributed by atoms with Crippen molar-refractivity contribution in [2.75, 3.05) is 12.4 Å². The first-order valence-electron chi connectivity index (χ1n) is 11.4. The Kier molecular flexibility index (Phi) is 5.93. The maximum absolute atomic E-state index is 12.6. The molecule has 1 saturated carbocycles. The zero-order valence-corrected chi connectivity index (χ0v) is 19.2. The molecule has 0 aromatic carbocycles. The molecule has 0 bridgehead atoms. The predicted octanol–water partition coefficient (Wildman–Crippen LogP) is 3.74. The van der Waals surface area contributed by atoms with Gasteiger partial charge < -0.3 is 20.5 Å². The van der Waals surface area contributed by atoms with Gasteiger partial charge in [0, 0.05) is 48.9 Å². The highest BCUT2D eigenvalue weighted by Crippen LogP contribution is 2.31. The van der Waals surface area contributed by atoms with Crippen molar-refractivity contribution < 1.29 is 9.59 Å². The van der Waals surface area contributed by atoms with Gasteiger partial charge in [-0.15, -0.1) is 0 Å². The molecule has 3 aromatic heterocycles. The summed E-state index contributed by atoms with van der Waals surface area (Å²) in [5.74, 6) is 0.754. The molecule has 1 saturated heterocycles. The highest BCUT2D eigenvalue weighted by molar-refractivity contribution is 6.29. The summed E-state index contributed by atoms with van der Waals surface area (Å²) in [5.41, 5.74) is 2.85. The second-order valence-corrected chi connectivity index (χ2v) is 9.31. The number of hydrogen-bond donors (Lipinski definition) is 3. The lowest BCUT2D eigenvalue weighted by Gasteiger charge is -2.31. The molecule has 2 aliphatic rings. The lowest BCUT2D eigenvalue weighted by Crippen LogP contribution is -2.48. The van der Waals surface area contributed by atoms with Crippen LogP contribution in [0.3, 0.4) is 0 Å². The average Bonchev–Trinajstić information content (AvgIpc) is 3.38. The van der Waals surface area contributed by atoms with Crippen LogP contribution in [0, 0.1) is 0 Å². The number of pyridine rings is 2. The van der Waals surface area contributed by atoms with Gasteiger partial charge in [0.2, 0.25) is 11.8 Å². The van der Waals surface area contributed by atoms with Gasteiger partial charge in [-0.3, -0.25) is 9.59 Å². The average molecular weight is 467 g/mol. The van der Waals surface area contributed by atoms with Crippen molar-refractivity contribution in [2.45, 2.75) is 56.7 Å². The molecule has 2 amide bonds. The molecular formula is C24H27ClN6O2. The van der Waals surface area contributed by atoms with E-state index in [9.17, 15) is 9.59 Å². The van der Waals surface area contributed by atoms with Crippen LogP contribution >= 0.6 is 11.6 Å². The summed E-state index contributed by atoms with van der Waals surface area (Å²) in [5, 5.41) is 8.14. The van der Waals surface area contributed by atoms with Crippen LogP contribution in [-0.2, 0) is 9.59 Å². The Morgan fingerprint density at radius 2 is 1.97 bits per heavy atom. The van der Waals surface area contributed by atoms with Crippen LogP contribution in [0.2, 0.25) is 5.15 Å². The molecule has 2 fully saturated rings. The van der Waals surface area contributed by atoms with E-state index >= 15 is 0 Å². The number of likely N-dealkylation sites (tertiary alicyclic amines) is 1. The highest BCUT2D eigenvalue weighted by atomic mass is 35.5. The van der Waals surface area contributed by atoms with E-state index in [4.69, 9.17) is 11.6 Å². The van der Waals surface area contributed by atoms with Gasteiger partial charge in [-0.1, -0.05) is 11.6 Å². The van der Waals surface area contributed by atoms with Crippen molar-refractivity contribution >= 4 is 40.3 Å². The first kappa shape index (κ1) is 21.7. The fraction of sp³-hybridized carbons (Fsp3) is 0.417. The highest BCUT2D eigenvalue weighted by Gasteiger charge is 2.34. The Hall–Kier alpha value is -3.13. The molecule has 1 aliphatic carbocycles. The van der Waals surface area contributed by atoms with E-state index in [0.717, 1.165) is 53.7 Å². The number of amides is 2. The molecule has 3 N–H and O–H groups in total. The van der Waals surface area contributed by atoms with Crippen LogP contribution in [0.4, 0.5) is 5.82 Å². The van der Waals surface area contributed by atoms with E-state index in [1.807, 2.05) is 30.5 Å². The maximum atomic E-state index is 12.6. The minimum absolute atomic E-state index is 0.0332. The SMILES string of the molecule is CN1C(=O)CC[C@H]1C(=O)NC1CCC(Nc2cc(-c3c[nH]c4ncccc34)cc(Cl)n2)CC1. The Labute approximate surface area is 197 Å². The molecule has 1 aliphatic heterocycles. The molecule has 8 nitrogen and oxygen atoms in total. The number of aromatic amines is 1. The Morgan fingerprint density at radius 3 is 2.73 bits per heavy atom. The number of fused-ring (bicyclic) bond motifs is 1. The summed E-state index contributed by atoms with van der Waals surface area (Å²) in [4.78, 5) is 37.9. The maximum Gasteiger partial charge on any atom is 0.243 e. The number of H-pyrrole nitrogens is 1. The second-order valence-electron chi connectivity index (χ2n) is 8.93. The lowest BCUT2D eigenvalue weighted by atomic mass is 9.91. The van der Waals surface area contributed by atoms with E-state index in [-0.39, 0.29) is 29.9 Å². The van der Waals surface area contributed by atoms with Gasteiger partial charge in [-0.2, -0.15) is 0 Å². The number of anilines is 1. The zero-order chi connectivity index (χ0) is 22.9. The minimum Gasteiger partial charge on any atom is -0.367 e. The number of nitrogens with one attached hydrogen (secondary N) is 3. The number of halogens is 1. The first-order valence-corrected chi connectivity index (χ1v) is 11.8. The summed E-state index contributed by atoms with van der Waals surface area (Å²) >= 11 is 6.35. The van der Waals surface area contributed by atoms with Crippen molar-refractivity contribution in [2.24, 2.45) is 0 Å². The van der Waals surface area contributed by atoms with Gasteiger partial charge in [0.25, 0.3) is 0 Å². The van der Waals surface area contributed by atoms with Crippen LogP contribution in [0.5, 0.6) is 0 Å².